The third-order valence-corrected chi connectivity index (χ3v) is 1.82. The second-order valence-corrected chi connectivity index (χ2v) is 2.73. The number of hydrogen-bond acceptors (Lipinski definition) is 3. The van der Waals surface area contributed by atoms with Crippen LogP contribution in [0.2, 0.25) is 0 Å². The summed E-state index contributed by atoms with van der Waals surface area (Å²) in [5.41, 5.74) is 2.39. The third kappa shape index (κ3) is 1.64. The molecule has 0 aliphatic heterocycles. The van der Waals surface area contributed by atoms with Crippen molar-refractivity contribution in [1.82, 2.24) is 5.16 Å². The highest BCUT2D eigenvalue weighted by Crippen LogP contribution is 2.20. The maximum absolute atomic E-state index is 10.2. The molecule has 0 unspecified atom stereocenters. The summed E-state index contributed by atoms with van der Waals surface area (Å²) in [5.74, 6) is 0. The Morgan fingerprint density at radius 1 is 1.36 bits per heavy atom. The van der Waals surface area contributed by atoms with E-state index in [-0.39, 0.29) is 0 Å². The Morgan fingerprint density at radius 2 is 2.29 bits per heavy atom. The molecule has 0 bridgehead atoms. The summed E-state index contributed by atoms with van der Waals surface area (Å²) in [6.45, 7) is 0. The van der Waals surface area contributed by atoms with Crippen LogP contribution in [-0.4, -0.2) is 11.6 Å². The molecule has 2 aromatic rings. The Morgan fingerprint density at radius 3 is 3.00 bits per heavy atom. The fourth-order valence-corrected chi connectivity index (χ4v) is 1.20. The highest BCUT2D eigenvalue weighted by molar-refractivity contribution is 5.74. The van der Waals surface area contributed by atoms with Crippen LogP contribution in [0.1, 0.15) is 0 Å². The number of aromatic nitrogens is 1. The molecule has 0 aliphatic carbocycles. The molecule has 1 heterocycles. The molecule has 0 radical (unpaired) electrons. The van der Waals surface area contributed by atoms with Crippen LogP contribution in [0, 0.1) is 0 Å². The van der Waals surface area contributed by atoms with Crippen LogP contribution < -0.4 is 5.32 Å². The highest BCUT2D eigenvalue weighted by atomic mass is 16.5. The van der Waals surface area contributed by atoms with E-state index >= 15 is 0 Å². The lowest BCUT2D eigenvalue weighted by atomic mass is 10.1. The predicted molar refractivity (Wildman–Crippen MR) is 51.6 cm³/mol. The average Bonchev–Trinajstić information content (AvgIpc) is 2.71. The molecule has 4 nitrogen and oxygen atoms in total. The first-order chi connectivity index (χ1) is 6.90. The summed E-state index contributed by atoms with van der Waals surface area (Å²) in [5, 5.41) is 6.37. The Labute approximate surface area is 80.5 Å². The minimum Gasteiger partial charge on any atom is -0.364 e. The summed E-state index contributed by atoms with van der Waals surface area (Å²) < 4.78 is 4.73. The number of carbonyl (C=O) groups is 1. The number of nitrogens with zero attached hydrogens (tertiary/aromatic N) is 1. The zero-order valence-electron chi connectivity index (χ0n) is 7.31. The molecule has 14 heavy (non-hydrogen) atoms. The number of rotatable bonds is 3. The van der Waals surface area contributed by atoms with Crippen LogP contribution in [0.25, 0.3) is 11.3 Å². The summed E-state index contributed by atoms with van der Waals surface area (Å²) in [6.07, 6.45) is 2.15. The summed E-state index contributed by atoms with van der Waals surface area (Å²) >= 11 is 0. The molecular weight excluding hydrogens is 180 g/mol. The van der Waals surface area contributed by atoms with Crippen molar-refractivity contribution in [2.24, 2.45) is 0 Å². The quantitative estimate of drug-likeness (QED) is 0.748. The van der Waals surface area contributed by atoms with E-state index in [1.165, 1.54) is 6.26 Å². The molecule has 1 aromatic carbocycles. The lowest BCUT2D eigenvalue weighted by molar-refractivity contribution is -0.105. The van der Waals surface area contributed by atoms with Crippen molar-refractivity contribution in [3.05, 3.63) is 36.6 Å². The minimum atomic E-state index is 0.641. The Balaban J connectivity index is 2.35. The fraction of sp³-hybridized carbons (Fsp3) is 0. The first-order valence-electron chi connectivity index (χ1n) is 4.11. The van der Waals surface area contributed by atoms with E-state index in [2.05, 4.69) is 10.5 Å². The molecule has 0 saturated carbocycles. The van der Waals surface area contributed by atoms with Crippen LogP contribution in [-0.2, 0) is 4.79 Å². The Kier molecular flexibility index (Phi) is 2.27. The average molecular weight is 188 g/mol. The second kappa shape index (κ2) is 3.74. The first-order valence-corrected chi connectivity index (χ1v) is 4.11. The van der Waals surface area contributed by atoms with Gasteiger partial charge in [0.1, 0.15) is 12.0 Å². The molecule has 2 rings (SSSR count). The van der Waals surface area contributed by atoms with Crippen LogP contribution in [0.3, 0.4) is 0 Å². The van der Waals surface area contributed by atoms with Crippen molar-refractivity contribution >= 4 is 12.1 Å². The summed E-state index contributed by atoms with van der Waals surface area (Å²) in [6, 6.07) is 9.13. The van der Waals surface area contributed by atoms with E-state index in [9.17, 15) is 4.79 Å². The maximum atomic E-state index is 10.2. The molecule has 4 heteroatoms. The molecule has 1 aromatic heterocycles. The van der Waals surface area contributed by atoms with Gasteiger partial charge in [0.05, 0.1) is 0 Å². The van der Waals surface area contributed by atoms with Gasteiger partial charge in [0.2, 0.25) is 6.41 Å². The van der Waals surface area contributed by atoms with Gasteiger partial charge in [0.15, 0.2) is 0 Å². The van der Waals surface area contributed by atoms with Crippen LogP contribution >= 0.6 is 0 Å². The van der Waals surface area contributed by atoms with Crippen molar-refractivity contribution in [3.8, 4) is 11.3 Å². The number of amides is 1. The number of nitrogens with one attached hydrogen (secondary N) is 1. The van der Waals surface area contributed by atoms with Crippen LogP contribution in [0.15, 0.2) is 41.1 Å². The topological polar surface area (TPSA) is 55.1 Å². The van der Waals surface area contributed by atoms with Crippen molar-refractivity contribution in [2.75, 3.05) is 5.32 Å². The van der Waals surface area contributed by atoms with E-state index in [1.54, 1.807) is 12.1 Å². The van der Waals surface area contributed by atoms with Gasteiger partial charge in [-0.15, -0.1) is 0 Å². The van der Waals surface area contributed by atoms with E-state index in [1.807, 2.05) is 18.2 Å². The van der Waals surface area contributed by atoms with Gasteiger partial charge in [-0.1, -0.05) is 17.3 Å². The Hall–Kier alpha value is -2.10. The molecular formula is C10H8N2O2. The molecule has 1 amide bonds. The predicted octanol–water partition coefficient (Wildman–Crippen LogP) is 1.91. The van der Waals surface area contributed by atoms with Crippen molar-refractivity contribution in [1.29, 1.82) is 0 Å². The summed E-state index contributed by atoms with van der Waals surface area (Å²) in [4.78, 5) is 10.2. The van der Waals surface area contributed by atoms with Crippen LogP contribution in [0.5, 0.6) is 0 Å². The van der Waals surface area contributed by atoms with Gasteiger partial charge in [-0.3, -0.25) is 4.79 Å². The second-order valence-electron chi connectivity index (χ2n) is 2.73. The van der Waals surface area contributed by atoms with Gasteiger partial charge in [-0.05, 0) is 12.1 Å². The van der Waals surface area contributed by atoms with Gasteiger partial charge in [-0.2, -0.15) is 0 Å². The molecule has 0 aliphatic rings. The fourth-order valence-electron chi connectivity index (χ4n) is 1.20. The largest absolute Gasteiger partial charge is 0.364 e. The molecule has 0 saturated heterocycles. The zero-order valence-corrected chi connectivity index (χ0v) is 7.31. The SMILES string of the molecule is O=CNc1cccc(-c2ccon2)c1. The van der Waals surface area contributed by atoms with Gasteiger partial charge in [0.25, 0.3) is 0 Å². The van der Waals surface area contributed by atoms with E-state index in [0.29, 0.717) is 6.41 Å². The smallest absolute Gasteiger partial charge is 0.211 e. The lowest BCUT2D eigenvalue weighted by Crippen LogP contribution is -1.93. The van der Waals surface area contributed by atoms with Crippen molar-refractivity contribution < 1.29 is 9.32 Å². The van der Waals surface area contributed by atoms with Crippen molar-refractivity contribution in [2.45, 2.75) is 0 Å². The molecule has 0 atom stereocenters. The molecule has 70 valence electrons. The highest BCUT2D eigenvalue weighted by Gasteiger charge is 2.00. The zero-order chi connectivity index (χ0) is 9.80. The summed E-state index contributed by atoms with van der Waals surface area (Å²) in [7, 11) is 0. The van der Waals surface area contributed by atoms with E-state index < -0.39 is 0 Å². The van der Waals surface area contributed by atoms with Crippen molar-refractivity contribution in [3.63, 3.8) is 0 Å². The standard InChI is InChI=1S/C10H8N2O2/c13-7-11-9-3-1-2-8(6-9)10-4-5-14-12-10/h1-7H,(H,11,13). The Bertz CT molecular complexity index is 423. The van der Waals surface area contributed by atoms with Gasteiger partial charge in [0, 0.05) is 17.3 Å². The monoisotopic (exact) mass is 188 g/mol. The van der Waals surface area contributed by atoms with E-state index in [0.717, 1.165) is 16.9 Å². The van der Waals surface area contributed by atoms with Gasteiger partial charge in [-0.25, -0.2) is 0 Å². The number of carbonyl (C=O) groups excluding carboxylic acids is 1. The third-order valence-electron chi connectivity index (χ3n) is 1.82. The number of anilines is 1. The molecule has 1 N–H and O–H groups in total. The van der Waals surface area contributed by atoms with Gasteiger partial charge >= 0.3 is 0 Å². The van der Waals surface area contributed by atoms with Gasteiger partial charge < -0.3 is 9.84 Å². The lowest BCUT2D eigenvalue weighted by Gasteiger charge is -2.00. The van der Waals surface area contributed by atoms with Crippen LogP contribution in [0.4, 0.5) is 5.69 Å². The number of hydrogen-bond donors (Lipinski definition) is 1. The molecule has 0 spiro atoms. The van der Waals surface area contributed by atoms with E-state index in [4.69, 9.17) is 4.52 Å². The normalized spacial score (nSPS) is 9.71. The maximum Gasteiger partial charge on any atom is 0.211 e. The first kappa shape index (κ1) is 8.50. The molecule has 0 fully saturated rings. The minimum absolute atomic E-state index is 0.641. The number of benzene rings is 1.